The van der Waals surface area contributed by atoms with Crippen LogP contribution in [0, 0.1) is 5.41 Å². The number of ketones is 1. The van der Waals surface area contributed by atoms with E-state index in [9.17, 15) is 18.3 Å². The normalized spacial score (nSPS) is 16.9. The van der Waals surface area contributed by atoms with Gasteiger partial charge in [0.15, 0.2) is 5.78 Å². The van der Waals surface area contributed by atoms with Crippen LogP contribution in [-0.2, 0) is 10.0 Å². The average molecular weight is 297 g/mol. The topological polar surface area (TPSA) is 83.5 Å². The van der Waals surface area contributed by atoms with E-state index in [4.69, 9.17) is 0 Å². The third-order valence-electron chi connectivity index (χ3n) is 3.72. The van der Waals surface area contributed by atoms with E-state index in [0.717, 1.165) is 12.8 Å². The SMILES string of the molecule is CCC(=O)c1cccc(S(=O)(=O)NCC2(CO)CC2)c1. The number of hydrogen-bond acceptors (Lipinski definition) is 4. The Bertz CT molecular complexity index is 605. The zero-order valence-corrected chi connectivity index (χ0v) is 12.2. The highest BCUT2D eigenvalue weighted by Gasteiger charge is 2.42. The van der Waals surface area contributed by atoms with E-state index in [-0.39, 0.29) is 29.2 Å². The molecule has 1 fully saturated rings. The van der Waals surface area contributed by atoms with Gasteiger partial charge in [0.2, 0.25) is 10.0 Å². The van der Waals surface area contributed by atoms with Gasteiger partial charge in [-0.15, -0.1) is 0 Å². The Morgan fingerprint density at radius 1 is 1.40 bits per heavy atom. The van der Waals surface area contributed by atoms with Crippen LogP contribution < -0.4 is 4.72 Å². The number of carbonyl (C=O) groups is 1. The lowest BCUT2D eigenvalue weighted by Gasteiger charge is -2.13. The molecule has 0 spiro atoms. The molecule has 110 valence electrons. The van der Waals surface area contributed by atoms with Gasteiger partial charge in [0.1, 0.15) is 0 Å². The minimum absolute atomic E-state index is 0.0100. The molecule has 0 atom stereocenters. The second-order valence-corrected chi connectivity index (χ2v) is 7.05. The van der Waals surface area contributed by atoms with Gasteiger partial charge in [-0.1, -0.05) is 19.1 Å². The van der Waals surface area contributed by atoms with Gasteiger partial charge in [-0.3, -0.25) is 4.79 Å². The molecule has 1 aromatic rings. The Kier molecular flexibility index (Phi) is 4.27. The standard InChI is InChI=1S/C14H19NO4S/c1-2-13(17)11-4-3-5-12(8-11)20(18,19)15-9-14(10-16)6-7-14/h3-5,8,15-16H,2,6-7,9-10H2,1H3. The van der Waals surface area contributed by atoms with Crippen LogP contribution in [0.4, 0.5) is 0 Å². The summed E-state index contributed by atoms with van der Waals surface area (Å²) in [5.41, 5.74) is 0.114. The molecule has 0 radical (unpaired) electrons. The molecule has 1 saturated carbocycles. The first-order valence-electron chi connectivity index (χ1n) is 6.66. The maximum absolute atomic E-state index is 12.2. The molecule has 1 aliphatic carbocycles. The van der Waals surface area contributed by atoms with Crippen molar-refractivity contribution in [3.05, 3.63) is 29.8 Å². The Morgan fingerprint density at radius 3 is 2.65 bits per heavy atom. The van der Waals surface area contributed by atoms with Crippen molar-refractivity contribution in [3.8, 4) is 0 Å². The highest BCUT2D eigenvalue weighted by Crippen LogP contribution is 2.44. The summed E-state index contributed by atoms with van der Waals surface area (Å²) in [5, 5.41) is 9.19. The summed E-state index contributed by atoms with van der Waals surface area (Å²) in [5.74, 6) is -0.0870. The summed E-state index contributed by atoms with van der Waals surface area (Å²) in [6.45, 7) is 1.96. The van der Waals surface area contributed by atoms with Gasteiger partial charge in [-0.25, -0.2) is 13.1 Å². The molecule has 0 aromatic heterocycles. The molecular formula is C14H19NO4S. The highest BCUT2D eigenvalue weighted by atomic mass is 32.2. The van der Waals surface area contributed by atoms with Crippen molar-refractivity contribution in [1.29, 1.82) is 0 Å². The number of Topliss-reactive ketones (excluding diaryl/α,β-unsaturated/α-hetero) is 1. The van der Waals surface area contributed by atoms with Gasteiger partial charge < -0.3 is 5.11 Å². The summed E-state index contributed by atoms with van der Waals surface area (Å²) in [6.07, 6.45) is 2.01. The predicted octanol–water partition coefficient (Wildman–Crippen LogP) is 1.33. The van der Waals surface area contributed by atoms with Crippen molar-refractivity contribution < 1.29 is 18.3 Å². The fourth-order valence-corrected chi connectivity index (χ4v) is 3.14. The molecule has 2 N–H and O–H groups in total. The molecule has 0 bridgehead atoms. The Hall–Kier alpha value is -1.24. The van der Waals surface area contributed by atoms with Crippen molar-refractivity contribution in [2.45, 2.75) is 31.1 Å². The first-order chi connectivity index (χ1) is 9.42. The Labute approximate surface area is 119 Å². The van der Waals surface area contributed by atoms with Crippen molar-refractivity contribution in [1.82, 2.24) is 4.72 Å². The van der Waals surface area contributed by atoms with Crippen LogP contribution in [0.15, 0.2) is 29.2 Å². The lowest BCUT2D eigenvalue weighted by Crippen LogP contribution is -2.32. The van der Waals surface area contributed by atoms with Gasteiger partial charge in [0, 0.05) is 30.6 Å². The zero-order valence-electron chi connectivity index (χ0n) is 11.4. The van der Waals surface area contributed by atoms with Gasteiger partial charge in [-0.05, 0) is 25.0 Å². The lowest BCUT2D eigenvalue weighted by molar-refractivity contribution is 0.0988. The molecule has 0 aliphatic heterocycles. The second-order valence-electron chi connectivity index (χ2n) is 5.29. The molecule has 1 aromatic carbocycles. The van der Waals surface area contributed by atoms with Gasteiger partial charge in [0.05, 0.1) is 4.90 Å². The first-order valence-corrected chi connectivity index (χ1v) is 8.14. The monoisotopic (exact) mass is 297 g/mol. The molecule has 2 rings (SSSR count). The quantitative estimate of drug-likeness (QED) is 0.744. The minimum atomic E-state index is -3.64. The minimum Gasteiger partial charge on any atom is -0.396 e. The van der Waals surface area contributed by atoms with E-state index in [1.807, 2.05) is 0 Å². The highest BCUT2D eigenvalue weighted by molar-refractivity contribution is 7.89. The molecule has 0 amide bonds. The largest absolute Gasteiger partial charge is 0.396 e. The molecule has 20 heavy (non-hydrogen) atoms. The van der Waals surface area contributed by atoms with Crippen molar-refractivity contribution in [3.63, 3.8) is 0 Å². The Morgan fingerprint density at radius 2 is 2.10 bits per heavy atom. The third kappa shape index (κ3) is 3.26. The van der Waals surface area contributed by atoms with E-state index in [0.29, 0.717) is 12.0 Å². The van der Waals surface area contributed by atoms with E-state index in [2.05, 4.69) is 4.72 Å². The Balaban J connectivity index is 2.15. The molecule has 0 heterocycles. The lowest BCUT2D eigenvalue weighted by atomic mass is 10.1. The third-order valence-corrected chi connectivity index (χ3v) is 5.12. The van der Waals surface area contributed by atoms with E-state index >= 15 is 0 Å². The fraction of sp³-hybridized carbons (Fsp3) is 0.500. The van der Waals surface area contributed by atoms with Crippen LogP contribution in [0.25, 0.3) is 0 Å². The molecule has 6 heteroatoms. The van der Waals surface area contributed by atoms with Gasteiger partial charge in [0.25, 0.3) is 0 Å². The average Bonchev–Trinajstić information content (AvgIpc) is 3.25. The number of nitrogens with one attached hydrogen (secondary N) is 1. The first kappa shape index (κ1) is 15.2. The summed E-state index contributed by atoms with van der Waals surface area (Å²) < 4.78 is 26.9. The fourth-order valence-electron chi connectivity index (χ4n) is 1.94. The van der Waals surface area contributed by atoms with Gasteiger partial charge >= 0.3 is 0 Å². The second kappa shape index (κ2) is 5.63. The van der Waals surface area contributed by atoms with Crippen molar-refractivity contribution >= 4 is 15.8 Å². The number of sulfonamides is 1. The number of carbonyl (C=O) groups excluding carboxylic acids is 1. The number of hydrogen-bond donors (Lipinski definition) is 2. The van der Waals surface area contributed by atoms with E-state index in [1.54, 1.807) is 19.1 Å². The van der Waals surface area contributed by atoms with Crippen LogP contribution in [0.2, 0.25) is 0 Å². The maximum Gasteiger partial charge on any atom is 0.240 e. The smallest absolute Gasteiger partial charge is 0.240 e. The van der Waals surface area contributed by atoms with E-state index in [1.165, 1.54) is 12.1 Å². The molecule has 1 aliphatic rings. The summed E-state index contributed by atoms with van der Waals surface area (Å²) in [6, 6.07) is 6.04. The van der Waals surface area contributed by atoms with Crippen LogP contribution >= 0.6 is 0 Å². The van der Waals surface area contributed by atoms with Crippen LogP contribution in [0.1, 0.15) is 36.5 Å². The van der Waals surface area contributed by atoms with E-state index < -0.39 is 10.0 Å². The van der Waals surface area contributed by atoms with Crippen molar-refractivity contribution in [2.75, 3.05) is 13.2 Å². The number of aliphatic hydroxyl groups is 1. The number of aliphatic hydroxyl groups excluding tert-OH is 1. The maximum atomic E-state index is 12.2. The van der Waals surface area contributed by atoms with Crippen LogP contribution in [-0.4, -0.2) is 32.5 Å². The zero-order chi connectivity index (χ0) is 14.8. The number of rotatable bonds is 7. The molecule has 0 unspecified atom stereocenters. The van der Waals surface area contributed by atoms with Crippen LogP contribution in [0.3, 0.4) is 0 Å². The summed E-state index contributed by atoms with van der Waals surface area (Å²) in [4.78, 5) is 11.7. The number of benzene rings is 1. The molecule has 0 saturated heterocycles. The molecular weight excluding hydrogens is 278 g/mol. The summed E-state index contributed by atoms with van der Waals surface area (Å²) >= 11 is 0. The summed E-state index contributed by atoms with van der Waals surface area (Å²) in [7, 11) is -3.64. The van der Waals surface area contributed by atoms with Crippen molar-refractivity contribution in [2.24, 2.45) is 5.41 Å². The predicted molar refractivity (Wildman–Crippen MR) is 75.0 cm³/mol. The van der Waals surface area contributed by atoms with Crippen LogP contribution in [0.5, 0.6) is 0 Å². The molecule has 5 nitrogen and oxygen atoms in total. The van der Waals surface area contributed by atoms with Gasteiger partial charge in [-0.2, -0.15) is 0 Å².